The quantitative estimate of drug-likeness (QED) is 0.576. The lowest BCUT2D eigenvalue weighted by Crippen LogP contribution is -2.10. The van der Waals surface area contributed by atoms with Crippen molar-refractivity contribution < 1.29 is 4.79 Å². The first-order chi connectivity index (χ1) is 5.83. The Morgan fingerprint density at radius 2 is 2.25 bits per heavy atom. The number of carbonyl (C=O) groups is 1. The number of hydrogen-bond acceptors (Lipinski definition) is 1. The van der Waals surface area contributed by atoms with Gasteiger partial charge in [-0.25, -0.2) is 0 Å². The van der Waals surface area contributed by atoms with Gasteiger partial charge in [0.05, 0.1) is 0 Å². The molecule has 1 rings (SSSR count). The third kappa shape index (κ3) is 3.21. The third-order valence-corrected chi connectivity index (χ3v) is 2.58. The van der Waals surface area contributed by atoms with Crippen LogP contribution in [0, 0.1) is 5.92 Å². The van der Waals surface area contributed by atoms with Crippen molar-refractivity contribution in [3.05, 3.63) is 12.7 Å². The van der Waals surface area contributed by atoms with E-state index in [1.54, 1.807) is 0 Å². The predicted molar refractivity (Wildman–Crippen MR) is 51.0 cm³/mol. The maximum atomic E-state index is 11.3. The maximum absolute atomic E-state index is 11.3. The minimum atomic E-state index is 0.460. The summed E-state index contributed by atoms with van der Waals surface area (Å²) in [6.45, 7) is 3.72. The fraction of sp³-hybridized carbons (Fsp3) is 0.727. The Balaban J connectivity index is 2.37. The van der Waals surface area contributed by atoms with Gasteiger partial charge in [-0.2, -0.15) is 0 Å². The molecule has 0 radical (unpaired) electrons. The van der Waals surface area contributed by atoms with E-state index in [1.165, 1.54) is 19.3 Å². The van der Waals surface area contributed by atoms with Crippen molar-refractivity contribution in [3.8, 4) is 0 Å². The molecule has 0 amide bonds. The van der Waals surface area contributed by atoms with Gasteiger partial charge in [0.15, 0.2) is 0 Å². The molecule has 0 aromatic rings. The van der Waals surface area contributed by atoms with E-state index in [2.05, 4.69) is 6.58 Å². The Bertz CT molecular complexity index is 160. The number of rotatable bonds is 2. The summed E-state index contributed by atoms with van der Waals surface area (Å²) in [4.78, 5) is 11.3. The van der Waals surface area contributed by atoms with E-state index < -0.39 is 0 Å². The van der Waals surface area contributed by atoms with Crippen LogP contribution >= 0.6 is 0 Å². The molecular weight excluding hydrogens is 148 g/mol. The van der Waals surface area contributed by atoms with Crippen LogP contribution in [-0.4, -0.2) is 5.78 Å². The van der Waals surface area contributed by atoms with Gasteiger partial charge in [0.25, 0.3) is 0 Å². The monoisotopic (exact) mass is 166 g/mol. The van der Waals surface area contributed by atoms with E-state index in [0.717, 1.165) is 25.7 Å². The zero-order chi connectivity index (χ0) is 8.81. The molecule has 12 heavy (non-hydrogen) atoms. The standard InChI is InChI=1S/C11H18O/c1-2-6-10-7-4-3-5-8-11(12)9-10/h2,10H,1,3-9H2. The average molecular weight is 166 g/mol. The van der Waals surface area contributed by atoms with Crippen molar-refractivity contribution >= 4 is 5.78 Å². The van der Waals surface area contributed by atoms with E-state index in [-0.39, 0.29) is 0 Å². The lowest BCUT2D eigenvalue weighted by atomic mass is 9.88. The first-order valence-corrected chi connectivity index (χ1v) is 4.95. The minimum absolute atomic E-state index is 0.460. The average Bonchev–Trinajstić information content (AvgIpc) is 2.00. The molecule has 0 saturated heterocycles. The highest BCUT2D eigenvalue weighted by atomic mass is 16.1. The van der Waals surface area contributed by atoms with Crippen LogP contribution in [0.15, 0.2) is 12.7 Å². The zero-order valence-corrected chi connectivity index (χ0v) is 7.72. The second kappa shape index (κ2) is 5.13. The van der Waals surface area contributed by atoms with Crippen LogP contribution in [0.3, 0.4) is 0 Å². The molecule has 0 aromatic carbocycles. The Labute approximate surface area is 74.9 Å². The summed E-state index contributed by atoms with van der Waals surface area (Å²) in [5.41, 5.74) is 0. The lowest BCUT2D eigenvalue weighted by molar-refractivity contribution is -0.120. The van der Waals surface area contributed by atoms with E-state index in [4.69, 9.17) is 0 Å². The molecule has 0 aromatic heterocycles. The highest BCUT2D eigenvalue weighted by molar-refractivity contribution is 5.78. The van der Waals surface area contributed by atoms with Crippen LogP contribution in [-0.2, 0) is 4.79 Å². The first-order valence-electron chi connectivity index (χ1n) is 4.95. The van der Waals surface area contributed by atoms with Gasteiger partial charge in [0.1, 0.15) is 5.78 Å². The van der Waals surface area contributed by atoms with Gasteiger partial charge >= 0.3 is 0 Å². The molecule has 1 heteroatoms. The molecule has 1 saturated carbocycles. The molecule has 68 valence electrons. The molecule has 0 heterocycles. The summed E-state index contributed by atoms with van der Waals surface area (Å²) in [5, 5.41) is 0. The topological polar surface area (TPSA) is 17.1 Å². The SMILES string of the molecule is C=CCC1CCCCCC(=O)C1. The molecule has 1 atom stereocenters. The van der Waals surface area contributed by atoms with Crippen LogP contribution < -0.4 is 0 Å². The molecule has 1 aliphatic carbocycles. The Hall–Kier alpha value is -0.590. The third-order valence-electron chi connectivity index (χ3n) is 2.58. The van der Waals surface area contributed by atoms with Gasteiger partial charge in [-0.05, 0) is 25.2 Å². The van der Waals surface area contributed by atoms with E-state index in [1.807, 2.05) is 6.08 Å². The fourth-order valence-corrected chi connectivity index (χ4v) is 1.89. The van der Waals surface area contributed by atoms with Crippen LogP contribution in [0.4, 0.5) is 0 Å². The van der Waals surface area contributed by atoms with E-state index >= 15 is 0 Å². The fourth-order valence-electron chi connectivity index (χ4n) is 1.89. The lowest BCUT2D eigenvalue weighted by Gasteiger charge is -2.16. The summed E-state index contributed by atoms with van der Waals surface area (Å²) in [5.74, 6) is 1.05. The summed E-state index contributed by atoms with van der Waals surface area (Å²) in [6, 6.07) is 0. The van der Waals surface area contributed by atoms with Crippen LogP contribution in [0.5, 0.6) is 0 Å². The van der Waals surface area contributed by atoms with E-state index in [9.17, 15) is 4.79 Å². The van der Waals surface area contributed by atoms with Gasteiger partial charge in [0.2, 0.25) is 0 Å². The Morgan fingerprint density at radius 1 is 1.42 bits per heavy atom. The molecule has 1 fully saturated rings. The number of Topliss-reactive ketones (excluding diaryl/α,β-unsaturated/α-hetero) is 1. The second-order valence-corrected chi connectivity index (χ2v) is 3.73. The normalized spacial score (nSPS) is 26.0. The number of carbonyl (C=O) groups excluding carboxylic acids is 1. The number of allylic oxidation sites excluding steroid dienone is 1. The van der Waals surface area contributed by atoms with Crippen molar-refractivity contribution in [1.29, 1.82) is 0 Å². The van der Waals surface area contributed by atoms with Gasteiger partial charge in [0, 0.05) is 12.8 Å². The molecule has 0 aliphatic heterocycles. The second-order valence-electron chi connectivity index (χ2n) is 3.73. The number of hydrogen-bond donors (Lipinski definition) is 0. The van der Waals surface area contributed by atoms with Gasteiger partial charge < -0.3 is 0 Å². The van der Waals surface area contributed by atoms with E-state index in [0.29, 0.717) is 11.7 Å². The van der Waals surface area contributed by atoms with Crippen molar-refractivity contribution in [2.75, 3.05) is 0 Å². The predicted octanol–water partition coefficient (Wildman–Crippen LogP) is 3.10. The highest BCUT2D eigenvalue weighted by Crippen LogP contribution is 2.22. The van der Waals surface area contributed by atoms with Crippen molar-refractivity contribution in [2.45, 2.75) is 44.9 Å². The molecule has 1 unspecified atom stereocenters. The molecular formula is C11H18O. The summed E-state index contributed by atoms with van der Waals surface area (Å²) in [6.07, 6.45) is 9.44. The van der Waals surface area contributed by atoms with Crippen molar-refractivity contribution in [1.82, 2.24) is 0 Å². The summed E-state index contributed by atoms with van der Waals surface area (Å²) < 4.78 is 0. The number of ketones is 1. The maximum Gasteiger partial charge on any atom is 0.133 e. The van der Waals surface area contributed by atoms with Gasteiger partial charge in [-0.3, -0.25) is 4.79 Å². The Kier molecular flexibility index (Phi) is 4.06. The Morgan fingerprint density at radius 3 is 3.00 bits per heavy atom. The van der Waals surface area contributed by atoms with Gasteiger partial charge in [-0.15, -0.1) is 6.58 Å². The minimum Gasteiger partial charge on any atom is -0.300 e. The van der Waals surface area contributed by atoms with Crippen LogP contribution in [0.1, 0.15) is 44.9 Å². The van der Waals surface area contributed by atoms with Gasteiger partial charge in [-0.1, -0.05) is 18.9 Å². The molecule has 1 aliphatic rings. The summed E-state index contributed by atoms with van der Waals surface area (Å²) in [7, 11) is 0. The van der Waals surface area contributed by atoms with Crippen LogP contribution in [0.2, 0.25) is 0 Å². The molecule has 0 N–H and O–H groups in total. The molecule has 0 bridgehead atoms. The highest BCUT2D eigenvalue weighted by Gasteiger charge is 2.14. The van der Waals surface area contributed by atoms with Crippen molar-refractivity contribution in [2.24, 2.45) is 5.92 Å². The molecule has 0 spiro atoms. The molecule has 1 nitrogen and oxygen atoms in total. The zero-order valence-electron chi connectivity index (χ0n) is 7.72. The smallest absolute Gasteiger partial charge is 0.133 e. The van der Waals surface area contributed by atoms with Crippen molar-refractivity contribution in [3.63, 3.8) is 0 Å². The largest absolute Gasteiger partial charge is 0.300 e. The first kappa shape index (κ1) is 9.50. The van der Waals surface area contributed by atoms with Crippen LogP contribution in [0.25, 0.3) is 0 Å². The summed E-state index contributed by atoms with van der Waals surface area (Å²) >= 11 is 0.